The Balaban J connectivity index is 2.66. The number of nitrogens with one attached hydrogen (secondary N) is 1. The standard InChI is InChI=1S/C11H14N2O3/c1-7-3-2-4-8(10(7)15)11(16)13-6-5-9(12)14/h2-4,15H,5-6H2,1H3,(H2,12,14)(H,13,16). The number of primary amides is 1. The van der Waals surface area contributed by atoms with E-state index in [0.717, 1.165) is 0 Å². The van der Waals surface area contributed by atoms with Gasteiger partial charge in [-0.15, -0.1) is 0 Å². The van der Waals surface area contributed by atoms with Crippen molar-refractivity contribution in [1.82, 2.24) is 5.32 Å². The van der Waals surface area contributed by atoms with Crippen molar-refractivity contribution in [2.45, 2.75) is 13.3 Å². The van der Waals surface area contributed by atoms with Crippen LogP contribution in [0.5, 0.6) is 5.75 Å². The highest BCUT2D eigenvalue weighted by molar-refractivity contribution is 5.97. The molecule has 0 radical (unpaired) electrons. The zero-order valence-electron chi connectivity index (χ0n) is 8.99. The van der Waals surface area contributed by atoms with Gasteiger partial charge in [-0.05, 0) is 18.6 Å². The van der Waals surface area contributed by atoms with Crippen LogP contribution >= 0.6 is 0 Å². The lowest BCUT2D eigenvalue weighted by atomic mass is 10.1. The molecule has 86 valence electrons. The van der Waals surface area contributed by atoms with Gasteiger partial charge in [-0.3, -0.25) is 9.59 Å². The van der Waals surface area contributed by atoms with Gasteiger partial charge < -0.3 is 16.2 Å². The van der Waals surface area contributed by atoms with E-state index in [9.17, 15) is 14.7 Å². The molecule has 1 aromatic carbocycles. The number of amides is 2. The average molecular weight is 222 g/mol. The number of hydrogen-bond acceptors (Lipinski definition) is 3. The molecule has 5 heteroatoms. The average Bonchev–Trinajstić information content (AvgIpc) is 2.21. The minimum atomic E-state index is -0.478. The largest absolute Gasteiger partial charge is 0.507 e. The van der Waals surface area contributed by atoms with Crippen LogP contribution in [0.25, 0.3) is 0 Å². The Labute approximate surface area is 93.3 Å². The summed E-state index contributed by atoms with van der Waals surface area (Å²) < 4.78 is 0. The number of phenolic OH excluding ortho intramolecular Hbond substituents is 1. The monoisotopic (exact) mass is 222 g/mol. The molecule has 1 aromatic rings. The van der Waals surface area contributed by atoms with E-state index in [0.29, 0.717) is 5.56 Å². The Bertz CT molecular complexity index is 416. The van der Waals surface area contributed by atoms with Crippen LogP contribution in [0.4, 0.5) is 0 Å². The molecule has 0 aromatic heterocycles. The van der Waals surface area contributed by atoms with Crippen LogP contribution in [0.15, 0.2) is 18.2 Å². The van der Waals surface area contributed by atoms with Gasteiger partial charge in [0.25, 0.3) is 5.91 Å². The molecule has 0 spiro atoms. The zero-order chi connectivity index (χ0) is 12.1. The first-order chi connectivity index (χ1) is 7.52. The normalized spacial score (nSPS) is 9.81. The second-order valence-electron chi connectivity index (χ2n) is 3.44. The lowest BCUT2D eigenvalue weighted by Crippen LogP contribution is -2.27. The van der Waals surface area contributed by atoms with Gasteiger partial charge in [-0.2, -0.15) is 0 Å². The number of para-hydroxylation sites is 1. The Hall–Kier alpha value is -2.04. The van der Waals surface area contributed by atoms with Crippen LogP contribution < -0.4 is 11.1 Å². The fourth-order valence-electron chi connectivity index (χ4n) is 1.24. The number of hydrogen-bond donors (Lipinski definition) is 3. The first-order valence-corrected chi connectivity index (χ1v) is 4.87. The molecule has 1 rings (SSSR count). The molecular weight excluding hydrogens is 208 g/mol. The van der Waals surface area contributed by atoms with E-state index in [-0.39, 0.29) is 24.3 Å². The highest BCUT2D eigenvalue weighted by atomic mass is 16.3. The third-order valence-electron chi connectivity index (χ3n) is 2.14. The van der Waals surface area contributed by atoms with Crippen molar-refractivity contribution < 1.29 is 14.7 Å². The molecule has 0 aliphatic heterocycles. The van der Waals surface area contributed by atoms with Gasteiger partial charge in [0, 0.05) is 13.0 Å². The SMILES string of the molecule is Cc1cccc(C(=O)NCCC(N)=O)c1O. The minimum absolute atomic E-state index is 0.0425. The molecule has 4 N–H and O–H groups in total. The number of benzene rings is 1. The first kappa shape index (κ1) is 12.0. The Morgan fingerprint density at radius 2 is 2.12 bits per heavy atom. The number of carbonyl (C=O) groups is 2. The van der Waals surface area contributed by atoms with Gasteiger partial charge in [0.05, 0.1) is 5.56 Å². The number of rotatable bonds is 4. The van der Waals surface area contributed by atoms with Crippen LogP contribution in [0.1, 0.15) is 22.3 Å². The predicted molar refractivity (Wildman–Crippen MR) is 59.0 cm³/mol. The number of phenols is 1. The second-order valence-corrected chi connectivity index (χ2v) is 3.44. The highest BCUT2D eigenvalue weighted by Gasteiger charge is 2.11. The van der Waals surface area contributed by atoms with Gasteiger partial charge >= 0.3 is 0 Å². The van der Waals surface area contributed by atoms with Crippen molar-refractivity contribution >= 4 is 11.8 Å². The maximum atomic E-state index is 11.6. The van der Waals surface area contributed by atoms with Gasteiger partial charge in [0.15, 0.2) is 0 Å². The van der Waals surface area contributed by atoms with E-state index >= 15 is 0 Å². The van der Waals surface area contributed by atoms with Crippen molar-refractivity contribution in [3.63, 3.8) is 0 Å². The summed E-state index contributed by atoms with van der Waals surface area (Å²) in [5.41, 5.74) is 5.76. The van der Waals surface area contributed by atoms with Crippen molar-refractivity contribution in [2.24, 2.45) is 5.73 Å². The van der Waals surface area contributed by atoms with Crippen molar-refractivity contribution in [3.8, 4) is 5.75 Å². The van der Waals surface area contributed by atoms with E-state index in [2.05, 4.69) is 5.32 Å². The van der Waals surface area contributed by atoms with E-state index in [1.165, 1.54) is 6.07 Å². The van der Waals surface area contributed by atoms with Gasteiger partial charge in [-0.1, -0.05) is 12.1 Å². The van der Waals surface area contributed by atoms with Crippen LogP contribution in [-0.4, -0.2) is 23.5 Å². The number of carbonyl (C=O) groups excluding carboxylic acids is 2. The third kappa shape index (κ3) is 2.98. The molecule has 0 saturated heterocycles. The summed E-state index contributed by atoms with van der Waals surface area (Å²) in [4.78, 5) is 22.0. The van der Waals surface area contributed by atoms with E-state index in [4.69, 9.17) is 5.73 Å². The maximum Gasteiger partial charge on any atom is 0.255 e. The van der Waals surface area contributed by atoms with E-state index in [1.54, 1.807) is 19.1 Å². The molecule has 2 amide bonds. The summed E-state index contributed by atoms with van der Waals surface area (Å²) in [7, 11) is 0. The summed E-state index contributed by atoms with van der Waals surface area (Å²) in [6, 6.07) is 4.90. The van der Waals surface area contributed by atoms with Crippen LogP contribution in [0.2, 0.25) is 0 Å². The smallest absolute Gasteiger partial charge is 0.255 e. The van der Waals surface area contributed by atoms with Crippen molar-refractivity contribution in [2.75, 3.05) is 6.54 Å². The zero-order valence-corrected chi connectivity index (χ0v) is 8.99. The van der Waals surface area contributed by atoms with Gasteiger partial charge in [0.2, 0.25) is 5.91 Å². The van der Waals surface area contributed by atoms with Gasteiger partial charge in [0.1, 0.15) is 5.75 Å². The fourth-order valence-corrected chi connectivity index (χ4v) is 1.24. The number of aryl methyl sites for hydroxylation is 1. The summed E-state index contributed by atoms with van der Waals surface area (Å²) >= 11 is 0. The molecule has 0 bridgehead atoms. The molecule has 0 aliphatic rings. The van der Waals surface area contributed by atoms with Crippen LogP contribution in [0.3, 0.4) is 0 Å². The quantitative estimate of drug-likeness (QED) is 0.684. The Morgan fingerprint density at radius 3 is 2.75 bits per heavy atom. The first-order valence-electron chi connectivity index (χ1n) is 4.87. The molecule has 0 aliphatic carbocycles. The Kier molecular flexibility index (Phi) is 3.88. The van der Waals surface area contributed by atoms with Crippen LogP contribution in [0, 0.1) is 6.92 Å². The molecule has 0 saturated carbocycles. The number of nitrogens with two attached hydrogens (primary N) is 1. The Morgan fingerprint density at radius 1 is 1.44 bits per heavy atom. The predicted octanol–water partition coefficient (Wildman–Crippen LogP) is 0.306. The topological polar surface area (TPSA) is 92.4 Å². The van der Waals surface area contributed by atoms with E-state index < -0.39 is 11.8 Å². The summed E-state index contributed by atoms with van der Waals surface area (Å²) in [6.07, 6.45) is 0.0817. The molecule has 0 heterocycles. The molecular formula is C11H14N2O3. The number of aromatic hydroxyl groups is 1. The lowest BCUT2D eigenvalue weighted by molar-refractivity contribution is -0.117. The summed E-state index contributed by atoms with van der Waals surface area (Å²) in [5.74, 6) is -0.935. The van der Waals surface area contributed by atoms with Crippen molar-refractivity contribution in [1.29, 1.82) is 0 Å². The highest BCUT2D eigenvalue weighted by Crippen LogP contribution is 2.20. The second kappa shape index (κ2) is 5.16. The molecule has 0 unspecified atom stereocenters. The minimum Gasteiger partial charge on any atom is -0.507 e. The lowest BCUT2D eigenvalue weighted by Gasteiger charge is -2.07. The van der Waals surface area contributed by atoms with Crippen molar-refractivity contribution in [3.05, 3.63) is 29.3 Å². The van der Waals surface area contributed by atoms with Crippen LogP contribution in [-0.2, 0) is 4.79 Å². The maximum absolute atomic E-state index is 11.6. The molecule has 16 heavy (non-hydrogen) atoms. The molecule has 0 fully saturated rings. The van der Waals surface area contributed by atoms with E-state index in [1.807, 2.05) is 0 Å². The summed E-state index contributed by atoms with van der Waals surface area (Å²) in [5, 5.41) is 12.1. The molecule has 5 nitrogen and oxygen atoms in total. The fraction of sp³-hybridized carbons (Fsp3) is 0.273. The third-order valence-corrected chi connectivity index (χ3v) is 2.14. The molecule has 0 atom stereocenters. The summed E-state index contributed by atoms with van der Waals surface area (Å²) in [6.45, 7) is 1.87. The van der Waals surface area contributed by atoms with Gasteiger partial charge in [-0.25, -0.2) is 0 Å².